The van der Waals surface area contributed by atoms with Crippen LogP contribution in [0.1, 0.15) is 0 Å². The number of methoxy groups -OCH3 is 1. The Morgan fingerprint density at radius 3 is 2.89 bits per heavy atom. The number of nitrogens with one attached hydrogen (secondary N) is 1. The van der Waals surface area contributed by atoms with Gasteiger partial charge in [-0.25, -0.2) is 0 Å². The lowest BCUT2D eigenvalue weighted by molar-refractivity contribution is 0.416. The average Bonchev–Trinajstić information content (AvgIpc) is 2.82. The molecule has 3 rings (SSSR count). The predicted molar refractivity (Wildman–Crippen MR) is 72.5 cm³/mol. The van der Waals surface area contributed by atoms with E-state index < -0.39 is 0 Å². The summed E-state index contributed by atoms with van der Waals surface area (Å²) < 4.78 is 5.36. The van der Waals surface area contributed by atoms with Crippen molar-refractivity contribution in [1.82, 2.24) is 9.97 Å². The normalized spacial score (nSPS) is 10.7. The van der Waals surface area contributed by atoms with E-state index in [1.807, 2.05) is 24.3 Å². The van der Waals surface area contributed by atoms with Gasteiger partial charge in [0.15, 0.2) is 0 Å². The first-order valence-corrected chi connectivity index (χ1v) is 5.64. The van der Waals surface area contributed by atoms with Crippen LogP contribution in [0.3, 0.4) is 0 Å². The summed E-state index contributed by atoms with van der Waals surface area (Å²) in [5.41, 5.74) is 9.47. The molecular weight excluding hydrogens is 226 g/mol. The number of hydrogen-bond donors (Lipinski definition) is 2. The molecule has 0 radical (unpaired) electrons. The van der Waals surface area contributed by atoms with Gasteiger partial charge in [0.1, 0.15) is 5.75 Å². The Morgan fingerprint density at radius 1 is 1.22 bits per heavy atom. The van der Waals surface area contributed by atoms with Crippen LogP contribution >= 0.6 is 0 Å². The number of aromatic amines is 1. The lowest BCUT2D eigenvalue weighted by Gasteiger charge is -2.07. The van der Waals surface area contributed by atoms with Crippen LogP contribution in [0.4, 0.5) is 5.69 Å². The third-order valence-corrected chi connectivity index (χ3v) is 2.94. The Balaban J connectivity index is 2.22. The molecule has 0 fully saturated rings. The van der Waals surface area contributed by atoms with Crippen molar-refractivity contribution in [3.05, 3.63) is 42.7 Å². The molecule has 0 aliphatic heterocycles. The molecule has 0 spiro atoms. The highest BCUT2D eigenvalue weighted by Crippen LogP contribution is 2.32. The van der Waals surface area contributed by atoms with Crippen LogP contribution in [-0.2, 0) is 0 Å². The second-order valence-electron chi connectivity index (χ2n) is 4.11. The van der Waals surface area contributed by atoms with Gasteiger partial charge in [-0.1, -0.05) is 0 Å². The Bertz CT molecular complexity index is 670. The number of anilines is 1. The average molecular weight is 239 g/mol. The molecule has 0 saturated carbocycles. The van der Waals surface area contributed by atoms with Crippen LogP contribution in [0.25, 0.3) is 22.2 Å². The zero-order valence-corrected chi connectivity index (χ0v) is 9.97. The zero-order valence-electron chi connectivity index (χ0n) is 9.97. The number of nitrogens with two attached hydrogens (primary N) is 1. The summed E-state index contributed by atoms with van der Waals surface area (Å²) in [5, 5.41) is 1.12. The van der Waals surface area contributed by atoms with Gasteiger partial charge in [-0.2, -0.15) is 0 Å². The monoisotopic (exact) mass is 239 g/mol. The Morgan fingerprint density at radius 2 is 2.11 bits per heavy atom. The Kier molecular flexibility index (Phi) is 2.41. The summed E-state index contributed by atoms with van der Waals surface area (Å²) in [6.45, 7) is 0. The quantitative estimate of drug-likeness (QED) is 0.676. The number of nitrogens with zero attached hydrogens (tertiary/aromatic N) is 1. The van der Waals surface area contributed by atoms with Crippen molar-refractivity contribution < 1.29 is 4.74 Å². The summed E-state index contributed by atoms with van der Waals surface area (Å²) in [4.78, 5) is 7.41. The van der Waals surface area contributed by atoms with Crippen molar-refractivity contribution in [2.45, 2.75) is 0 Å². The molecule has 0 bridgehead atoms. The van der Waals surface area contributed by atoms with Crippen molar-refractivity contribution in [2.24, 2.45) is 0 Å². The highest BCUT2D eigenvalue weighted by Gasteiger charge is 2.09. The smallest absolute Gasteiger partial charge is 0.128 e. The van der Waals surface area contributed by atoms with E-state index in [9.17, 15) is 0 Å². The molecule has 2 aromatic heterocycles. The zero-order chi connectivity index (χ0) is 12.5. The second-order valence-corrected chi connectivity index (χ2v) is 4.11. The minimum Gasteiger partial charge on any atom is -0.496 e. The van der Waals surface area contributed by atoms with E-state index in [1.54, 1.807) is 19.5 Å². The van der Waals surface area contributed by atoms with E-state index >= 15 is 0 Å². The van der Waals surface area contributed by atoms with Crippen LogP contribution in [-0.4, -0.2) is 17.1 Å². The summed E-state index contributed by atoms with van der Waals surface area (Å²) in [6, 6.07) is 9.63. The minimum atomic E-state index is 0.711. The number of ether oxygens (including phenoxy) is 1. The van der Waals surface area contributed by atoms with Gasteiger partial charge in [-0.3, -0.25) is 4.98 Å². The SMILES string of the molecule is COc1ccc(N)cc1-c1cc2ccncc2[nH]1. The number of H-pyrrole nitrogens is 1. The second kappa shape index (κ2) is 4.07. The van der Waals surface area contributed by atoms with Crippen LogP contribution in [0.5, 0.6) is 5.75 Å². The first-order valence-electron chi connectivity index (χ1n) is 5.64. The van der Waals surface area contributed by atoms with Crippen LogP contribution in [0, 0.1) is 0 Å². The van der Waals surface area contributed by atoms with Gasteiger partial charge in [-0.05, 0) is 30.3 Å². The molecule has 4 heteroatoms. The molecule has 0 amide bonds. The van der Waals surface area contributed by atoms with Crippen LogP contribution in [0.15, 0.2) is 42.7 Å². The Labute approximate surface area is 104 Å². The fourth-order valence-corrected chi connectivity index (χ4v) is 2.05. The first-order chi connectivity index (χ1) is 8.78. The molecular formula is C14H13N3O. The van der Waals surface area contributed by atoms with Gasteiger partial charge in [0.2, 0.25) is 0 Å². The molecule has 0 saturated heterocycles. The molecule has 0 aliphatic rings. The number of pyridine rings is 1. The minimum absolute atomic E-state index is 0.711. The van der Waals surface area contributed by atoms with Gasteiger partial charge in [0.25, 0.3) is 0 Å². The fourth-order valence-electron chi connectivity index (χ4n) is 2.05. The van der Waals surface area contributed by atoms with E-state index in [-0.39, 0.29) is 0 Å². The van der Waals surface area contributed by atoms with Crippen LogP contribution in [0.2, 0.25) is 0 Å². The highest BCUT2D eigenvalue weighted by atomic mass is 16.5. The van der Waals surface area contributed by atoms with E-state index in [0.29, 0.717) is 5.69 Å². The third kappa shape index (κ3) is 1.68. The van der Waals surface area contributed by atoms with Gasteiger partial charge < -0.3 is 15.5 Å². The summed E-state index contributed by atoms with van der Waals surface area (Å²) >= 11 is 0. The largest absolute Gasteiger partial charge is 0.496 e. The van der Waals surface area contributed by atoms with Crippen molar-refractivity contribution in [3.8, 4) is 17.0 Å². The summed E-state index contributed by atoms with van der Waals surface area (Å²) in [7, 11) is 1.65. The maximum atomic E-state index is 5.83. The first kappa shape index (κ1) is 10.7. The molecule has 3 aromatic rings. The molecule has 0 unspecified atom stereocenters. The fraction of sp³-hybridized carbons (Fsp3) is 0.0714. The van der Waals surface area contributed by atoms with E-state index in [0.717, 1.165) is 27.9 Å². The molecule has 18 heavy (non-hydrogen) atoms. The highest BCUT2D eigenvalue weighted by molar-refractivity contribution is 5.86. The van der Waals surface area contributed by atoms with Gasteiger partial charge in [0, 0.05) is 22.8 Å². The molecule has 4 nitrogen and oxygen atoms in total. The topological polar surface area (TPSA) is 63.9 Å². The molecule has 3 N–H and O–H groups in total. The van der Waals surface area contributed by atoms with Crippen molar-refractivity contribution in [1.29, 1.82) is 0 Å². The van der Waals surface area contributed by atoms with E-state index in [2.05, 4.69) is 16.0 Å². The standard InChI is InChI=1S/C14H13N3O/c1-18-14-3-2-10(15)7-11(14)12-6-9-4-5-16-8-13(9)17-12/h2-8,17H,15H2,1H3. The van der Waals surface area contributed by atoms with Crippen molar-refractivity contribution in [2.75, 3.05) is 12.8 Å². The maximum Gasteiger partial charge on any atom is 0.128 e. The lowest BCUT2D eigenvalue weighted by atomic mass is 10.1. The van der Waals surface area contributed by atoms with Crippen molar-refractivity contribution >= 4 is 16.6 Å². The van der Waals surface area contributed by atoms with Gasteiger partial charge in [0.05, 0.1) is 24.5 Å². The number of fused-ring (bicyclic) bond motifs is 1. The van der Waals surface area contributed by atoms with Gasteiger partial charge >= 0.3 is 0 Å². The molecule has 1 aromatic carbocycles. The number of benzene rings is 1. The number of hydrogen-bond acceptors (Lipinski definition) is 3. The number of rotatable bonds is 2. The predicted octanol–water partition coefficient (Wildman–Crippen LogP) is 2.82. The third-order valence-electron chi connectivity index (χ3n) is 2.94. The van der Waals surface area contributed by atoms with E-state index in [4.69, 9.17) is 10.5 Å². The summed E-state index contributed by atoms with van der Waals surface area (Å²) in [5.74, 6) is 0.795. The summed E-state index contributed by atoms with van der Waals surface area (Å²) in [6.07, 6.45) is 3.58. The maximum absolute atomic E-state index is 5.83. The Hall–Kier alpha value is -2.49. The molecule has 0 atom stereocenters. The van der Waals surface area contributed by atoms with E-state index in [1.165, 1.54) is 0 Å². The number of aromatic nitrogens is 2. The molecule has 0 aliphatic carbocycles. The lowest BCUT2D eigenvalue weighted by Crippen LogP contribution is -1.91. The van der Waals surface area contributed by atoms with Crippen LogP contribution < -0.4 is 10.5 Å². The van der Waals surface area contributed by atoms with Gasteiger partial charge in [-0.15, -0.1) is 0 Å². The molecule has 90 valence electrons. The van der Waals surface area contributed by atoms with Crippen molar-refractivity contribution in [3.63, 3.8) is 0 Å². The molecule has 2 heterocycles. The number of nitrogen functional groups attached to an aromatic ring is 1.